The molecular weight excluding hydrogens is 246 g/mol. The van der Waals surface area contributed by atoms with Crippen LogP contribution in [0, 0.1) is 0 Å². The fraction of sp³-hybridized carbons (Fsp3) is 0.118. The van der Waals surface area contributed by atoms with Crippen molar-refractivity contribution in [1.29, 1.82) is 0 Å². The summed E-state index contributed by atoms with van der Waals surface area (Å²) in [5.74, 6) is 0. The van der Waals surface area contributed by atoms with Crippen molar-refractivity contribution in [3.63, 3.8) is 0 Å². The maximum absolute atomic E-state index is 5.54. The zero-order valence-electron chi connectivity index (χ0n) is 11.2. The molecule has 0 unspecified atom stereocenters. The number of nitrogens with one attached hydrogen (secondary N) is 1. The lowest BCUT2D eigenvalue weighted by Crippen LogP contribution is -2.02. The second-order valence-corrected chi connectivity index (χ2v) is 4.76. The van der Waals surface area contributed by atoms with Crippen molar-refractivity contribution >= 4 is 0 Å². The van der Waals surface area contributed by atoms with Gasteiger partial charge in [0.15, 0.2) is 0 Å². The number of nitrogens with zero attached hydrogens (tertiary/aromatic N) is 1. The van der Waals surface area contributed by atoms with Crippen molar-refractivity contribution < 1.29 is 0 Å². The van der Waals surface area contributed by atoms with Gasteiger partial charge in [-0.15, -0.1) is 0 Å². The molecule has 3 nitrogen and oxygen atoms in total. The molecule has 3 heteroatoms. The van der Waals surface area contributed by atoms with E-state index in [-0.39, 0.29) is 0 Å². The Bertz CT molecular complexity index is 669. The Morgan fingerprint density at radius 3 is 2.20 bits per heavy atom. The Morgan fingerprint density at radius 2 is 1.50 bits per heavy atom. The Balaban J connectivity index is 1.85. The van der Waals surface area contributed by atoms with Gasteiger partial charge in [0.25, 0.3) is 0 Å². The fourth-order valence-electron chi connectivity index (χ4n) is 2.26. The molecule has 0 saturated heterocycles. The average molecular weight is 263 g/mol. The van der Waals surface area contributed by atoms with E-state index >= 15 is 0 Å². The van der Waals surface area contributed by atoms with E-state index in [1.165, 1.54) is 11.1 Å². The number of rotatable bonds is 4. The zero-order valence-corrected chi connectivity index (χ0v) is 11.2. The van der Waals surface area contributed by atoms with Crippen molar-refractivity contribution in [1.82, 2.24) is 10.2 Å². The molecule has 0 spiro atoms. The maximum Gasteiger partial charge on any atom is 0.0923 e. The second kappa shape index (κ2) is 5.72. The smallest absolute Gasteiger partial charge is 0.0923 e. The molecule has 3 aromatic rings. The Morgan fingerprint density at radius 1 is 0.850 bits per heavy atom. The molecule has 0 aliphatic rings. The molecular formula is C17H17N3. The molecule has 0 amide bonds. The predicted molar refractivity (Wildman–Crippen MR) is 82.2 cm³/mol. The van der Waals surface area contributed by atoms with Crippen molar-refractivity contribution in [2.75, 3.05) is 6.54 Å². The van der Waals surface area contributed by atoms with Crippen LogP contribution in [0.4, 0.5) is 0 Å². The zero-order chi connectivity index (χ0) is 13.8. The first-order valence-corrected chi connectivity index (χ1v) is 6.77. The van der Waals surface area contributed by atoms with E-state index in [1.807, 2.05) is 6.07 Å². The number of hydrogen-bond acceptors (Lipinski definition) is 2. The highest BCUT2D eigenvalue weighted by atomic mass is 15.1. The number of aromatic amines is 1. The van der Waals surface area contributed by atoms with Gasteiger partial charge in [-0.25, -0.2) is 0 Å². The van der Waals surface area contributed by atoms with E-state index in [1.54, 1.807) is 0 Å². The van der Waals surface area contributed by atoms with Crippen LogP contribution in [0.3, 0.4) is 0 Å². The third-order valence-corrected chi connectivity index (χ3v) is 3.33. The highest BCUT2D eigenvalue weighted by molar-refractivity contribution is 5.68. The predicted octanol–water partition coefficient (Wildman–Crippen LogP) is 3.24. The largest absolute Gasteiger partial charge is 0.330 e. The fourth-order valence-corrected chi connectivity index (χ4v) is 2.26. The van der Waals surface area contributed by atoms with Gasteiger partial charge in [0.05, 0.1) is 5.69 Å². The average Bonchev–Trinajstić information content (AvgIpc) is 2.97. The Kier molecular flexibility index (Phi) is 3.61. The monoisotopic (exact) mass is 263 g/mol. The van der Waals surface area contributed by atoms with Crippen LogP contribution in [-0.4, -0.2) is 16.7 Å². The van der Waals surface area contributed by atoms with Gasteiger partial charge >= 0.3 is 0 Å². The molecule has 0 aliphatic heterocycles. The minimum atomic E-state index is 0.634. The first kappa shape index (κ1) is 12.6. The van der Waals surface area contributed by atoms with Crippen molar-refractivity contribution in [2.45, 2.75) is 6.42 Å². The van der Waals surface area contributed by atoms with Gasteiger partial charge in [-0.05, 0) is 23.7 Å². The molecule has 0 fully saturated rings. The molecule has 0 radical (unpaired) electrons. The summed E-state index contributed by atoms with van der Waals surface area (Å²) in [4.78, 5) is 0. The van der Waals surface area contributed by atoms with Crippen LogP contribution in [0.1, 0.15) is 5.69 Å². The van der Waals surface area contributed by atoms with Crippen molar-refractivity contribution in [3.8, 4) is 22.4 Å². The molecule has 100 valence electrons. The van der Waals surface area contributed by atoms with Crippen LogP contribution in [0.15, 0.2) is 60.7 Å². The van der Waals surface area contributed by atoms with Crippen LogP contribution < -0.4 is 5.73 Å². The topological polar surface area (TPSA) is 54.7 Å². The summed E-state index contributed by atoms with van der Waals surface area (Å²) < 4.78 is 0. The van der Waals surface area contributed by atoms with Crippen LogP contribution in [0.5, 0.6) is 0 Å². The van der Waals surface area contributed by atoms with Gasteiger partial charge in [0.2, 0.25) is 0 Å². The number of nitrogens with two attached hydrogens (primary N) is 1. The number of aromatic nitrogens is 2. The standard InChI is InChI=1S/C17H17N3/c18-11-10-16-12-17(20-19-16)15-8-6-14(7-9-15)13-4-2-1-3-5-13/h1-9,12H,10-11,18H2,(H,19,20). The highest BCUT2D eigenvalue weighted by Crippen LogP contribution is 2.23. The van der Waals surface area contributed by atoms with Gasteiger partial charge in [0, 0.05) is 17.7 Å². The van der Waals surface area contributed by atoms with Crippen molar-refractivity contribution in [2.24, 2.45) is 5.73 Å². The normalized spacial score (nSPS) is 10.7. The summed E-state index contributed by atoms with van der Waals surface area (Å²) in [6.07, 6.45) is 0.828. The molecule has 1 heterocycles. The minimum absolute atomic E-state index is 0.634. The second-order valence-electron chi connectivity index (χ2n) is 4.76. The summed E-state index contributed by atoms with van der Waals surface area (Å²) in [5, 5.41) is 7.35. The number of benzene rings is 2. The molecule has 3 N–H and O–H groups in total. The molecule has 2 aromatic carbocycles. The molecule has 20 heavy (non-hydrogen) atoms. The molecule has 0 atom stereocenters. The lowest BCUT2D eigenvalue weighted by Gasteiger charge is -2.02. The van der Waals surface area contributed by atoms with Gasteiger partial charge in [-0.1, -0.05) is 54.6 Å². The quantitative estimate of drug-likeness (QED) is 0.759. The Hall–Kier alpha value is -2.39. The first-order valence-electron chi connectivity index (χ1n) is 6.77. The summed E-state index contributed by atoms with van der Waals surface area (Å²) in [6, 6.07) is 20.9. The van der Waals surface area contributed by atoms with Gasteiger partial charge in [0.1, 0.15) is 0 Å². The van der Waals surface area contributed by atoms with E-state index < -0.39 is 0 Å². The first-order chi connectivity index (χ1) is 9.86. The lowest BCUT2D eigenvalue weighted by atomic mass is 10.0. The van der Waals surface area contributed by atoms with E-state index in [9.17, 15) is 0 Å². The molecule has 0 bridgehead atoms. The maximum atomic E-state index is 5.54. The van der Waals surface area contributed by atoms with Crippen LogP contribution in [-0.2, 0) is 6.42 Å². The SMILES string of the molecule is NCCc1cc(-c2ccc(-c3ccccc3)cc2)n[nH]1. The van der Waals surface area contributed by atoms with Gasteiger partial charge in [-0.2, -0.15) is 5.10 Å². The van der Waals surface area contributed by atoms with Crippen molar-refractivity contribution in [3.05, 3.63) is 66.4 Å². The van der Waals surface area contributed by atoms with Crippen LogP contribution >= 0.6 is 0 Å². The summed E-state index contributed by atoms with van der Waals surface area (Å²) >= 11 is 0. The third kappa shape index (κ3) is 2.63. The van der Waals surface area contributed by atoms with E-state index in [2.05, 4.69) is 64.8 Å². The van der Waals surface area contributed by atoms with E-state index in [0.29, 0.717) is 6.54 Å². The minimum Gasteiger partial charge on any atom is -0.330 e. The molecule has 0 saturated carbocycles. The van der Waals surface area contributed by atoms with E-state index in [0.717, 1.165) is 23.4 Å². The van der Waals surface area contributed by atoms with Gasteiger partial charge < -0.3 is 5.73 Å². The molecule has 1 aromatic heterocycles. The lowest BCUT2D eigenvalue weighted by molar-refractivity contribution is 0.902. The molecule has 3 rings (SSSR count). The molecule has 0 aliphatic carbocycles. The highest BCUT2D eigenvalue weighted by Gasteiger charge is 2.04. The van der Waals surface area contributed by atoms with Crippen LogP contribution in [0.25, 0.3) is 22.4 Å². The summed E-state index contributed by atoms with van der Waals surface area (Å²) in [5.41, 5.74) is 11.1. The number of hydrogen-bond donors (Lipinski definition) is 2. The Labute approximate surface area is 118 Å². The third-order valence-electron chi connectivity index (χ3n) is 3.33. The van der Waals surface area contributed by atoms with Gasteiger partial charge in [-0.3, -0.25) is 5.10 Å². The number of H-pyrrole nitrogens is 1. The van der Waals surface area contributed by atoms with Crippen LogP contribution in [0.2, 0.25) is 0 Å². The summed E-state index contributed by atoms with van der Waals surface area (Å²) in [6.45, 7) is 0.634. The van der Waals surface area contributed by atoms with E-state index in [4.69, 9.17) is 5.73 Å². The summed E-state index contributed by atoms with van der Waals surface area (Å²) in [7, 11) is 0.